The standard InChI is InChI=1S/C15H26N2O/c1-11-6-12(2)15(13(3)7-11)9-17(4)8-14(16)10-18-5/h6-7,14H,8-10,16H2,1-5H3. The lowest BCUT2D eigenvalue weighted by Gasteiger charge is -2.23. The lowest BCUT2D eigenvalue weighted by Crippen LogP contribution is -2.38. The first kappa shape index (κ1) is 15.2. The van der Waals surface area contributed by atoms with E-state index in [4.69, 9.17) is 10.5 Å². The number of hydrogen-bond acceptors (Lipinski definition) is 3. The second-order valence-electron chi connectivity index (χ2n) is 5.29. The Morgan fingerprint density at radius 2 is 1.78 bits per heavy atom. The Morgan fingerprint density at radius 3 is 2.28 bits per heavy atom. The zero-order valence-electron chi connectivity index (χ0n) is 12.3. The van der Waals surface area contributed by atoms with Gasteiger partial charge in [-0.05, 0) is 44.5 Å². The van der Waals surface area contributed by atoms with Gasteiger partial charge in [-0.1, -0.05) is 17.7 Å². The SMILES string of the molecule is COCC(N)CN(C)Cc1c(C)cc(C)cc1C. The van der Waals surface area contributed by atoms with E-state index < -0.39 is 0 Å². The van der Waals surface area contributed by atoms with Gasteiger partial charge in [0.15, 0.2) is 0 Å². The molecule has 1 aromatic carbocycles. The molecule has 0 aliphatic rings. The third-order valence-corrected chi connectivity index (χ3v) is 3.20. The van der Waals surface area contributed by atoms with E-state index in [-0.39, 0.29) is 6.04 Å². The molecule has 0 saturated carbocycles. The van der Waals surface area contributed by atoms with Gasteiger partial charge >= 0.3 is 0 Å². The van der Waals surface area contributed by atoms with Gasteiger partial charge in [0.25, 0.3) is 0 Å². The molecule has 0 radical (unpaired) electrons. The van der Waals surface area contributed by atoms with Crippen molar-refractivity contribution in [2.75, 3.05) is 27.3 Å². The second kappa shape index (κ2) is 6.88. The highest BCUT2D eigenvalue weighted by atomic mass is 16.5. The normalized spacial score (nSPS) is 13.1. The Labute approximate surface area is 111 Å². The van der Waals surface area contributed by atoms with Gasteiger partial charge in [0.05, 0.1) is 6.61 Å². The van der Waals surface area contributed by atoms with Crippen LogP contribution in [0.1, 0.15) is 22.3 Å². The van der Waals surface area contributed by atoms with E-state index in [0.717, 1.165) is 13.1 Å². The van der Waals surface area contributed by atoms with Crippen molar-refractivity contribution in [3.8, 4) is 0 Å². The maximum absolute atomic E-state index is 5.97. The zero-order valence-corrected chi connectivity index (χ0v) is 12.3. The fraction of sp³-hybridized carbons (Fsp3) is 0.600. The monoisotopic (exact) mass is 250 g/mol. The van der Waals surface area contributed by atoms with Crippen molar-refractivity contribution in [1.82, 2.24) is 4.90 Å². The molecule has 1 unspecified atom stereocenters. The van der Waals surface area contributed by atoms with E-state index in [9.17, 15) is 0 Å². The number of methoxy groups -OCH3 is 1. The third-order valence-electron chi connectivity index (χ3n) is 3.20. The van der Waals surface area contributed by atoms with Crippen molar-refractivity contribution < 1.29 is 4.74 Å². The molecular formula is C15H26N2O. The summed E-state index contributed by atoms with van der Waals surface area (Å²) in [5.74, 6) is 0. The number of benzene rings is 1. The van der Waals surface area contributed by atoms with E-state index in [1.807, 2.05) is 0 Å². The molecule has 0 aliphatic heterocycles. The zero-order chi connectivity index (χ0) is 13.7. The summed E-state index contributed by atoms with van der Waals surface area (Å²) in [4.78, 5) is 2.26. The molecule has 0 aromatic heterocycles. The van der Waals surface area contributed by atoms with E-state index in [1.165, 1.54) is 22.3 Å². The van der Waals surface area contributed by atoms with Crippen molar-refractivity contribution in [3.05, 3.63) is 34.4 Å². The minimum atomic E-state index is 0.0751. The maximum atomic E-state index is 5.97. The smallest absolute Gasteiger partial charge is 0.0626 e. The van der Waals surface area contributed by atoms with Gasteiger partial charge in [-0.3, -0.25) is 0 Å². The van der Waals surface area contributed by atoms with Crippen LogP contribution in [0, 0.1) is 20.8 Å². The first-order chi connectivity index (χ1) is 8.43. The maximum Gasteiger partial charge on any atom is 0.0626 e. The molecule has 1 aromatic rings. The molecule has 102 valence electrons. The Hall–Kier alpha value is -0.900. The molecule has 3 heteroatoms. The molecule has 0 aliphatic carbocycles. The Kier molecular flexibility index (Phi) is 5.79. The largest absolute Gasteiger partial charge is 0.383 e. The number of hydrogen-bond donors (Lipinski definition) is 1. The molecule has 1 rings (SSSR count). The minimum Gasteiger partial charge on any atom is -0.383 e. The van der Waals surface area contributed by atoms with E-state index >= 15 is 0 Å². The highest BCUT2D eigenvalue weighted by Crippen LogP contribution is 2.17. The average molecular weight is 250 g/mol. The molecule has 2 N–H and O–H groups in total. The van der Waals surface area contributed by atoms with Crippen LogP contribution in [0.3, 0.4) is 0 Å². The van der Waals surface area contributed by atoms with Crippen LogP contribution in [0.4, 0.5) is 0 Å². The second-order valence-corrected chi connectivity index (χ2v) is 5.29. The topological polar surface area (TPSA) is 38.5 Å². The van der Waals surface area contributed by atoms with Crippen LogP contribution in [-0.2, 0) is 11.3 Å². The lowest BCUT2D eigenvalue weighted by molar-refractivity contribution is 0.160. The first-order valence-corrected chi connectivity index (χ1v) is 6.43. The van der Waals surface area contributed by atoms with Crippen molar-refractivity contribution in [3.63, 3.8) is 0 Å². The molecule has 1 atom stereocenters. The quantitative estimate of drug-likeness (QED) is 0.839. The molecule has 3 nitrogen and oxygen atoms in total. The van der Waals surface area contributed by atoms with Crippen molar-refractivity contribution in [1.29, 1.82) is 0 Å². The number of likely N-dealkylation sites (N-methyl/N-ethyl adjacent to an activating group) is 1. The molecule has 0 bridgehead atoms. The fourth-order valence-corrected chi connectivity index (χ4v) is 2.46. The van der Waals surface area contributed by atoms with Crippen molar-refractivity contribution in [2.24, 2.45) is 5.73 Å². The Morgan fingerprint density at radius 1 is 1.22 bits per heavy atom. The van der Waals surface area contributed by atoms with Gasteiger partial charge in [0.2, 0.25) is 0 Å². The number of aryl methyl sites for hydroxylation is 3. The van der Waals surface area contributed by atoms with Crippen LogP contribution in [0.5, 0.6) is 0 Å². The third kappa shape index (κ3) is 4.41. The lowest BCUT2D eigenvalue weighted by atomic mass is 9.99. The Bertz CT molecular complexity index is 367. The summed E-state index contributed by atoms with van der Waals surface area (Å²) in [6.07, 6.45) is 0. The summed E-state index contributed by atoms with van der Waals surface area (Å²) in [6.45, 7) is 8.89. The van der Waals surface area contributed by atoms with Crippen LogP contribution in [0.15, 0.2) is 12.1 Å². The molecular weight excluding hydrogens is 224 g/mol. The van der Waals surface area contributed by atoms with Gasteiger partial charge in [-0.15, -0.1) is 0 Å². The van der Waals surface area contributed by atoms with Crippen LogP contribution < -0.4 is 5.73 Å². The van der Waals surface area contributed by atoms with Crippen molar-refractivity contribution >= 4 is 0 Å². The molecule has 0 fully saturated rings. The molecule has 0 spiro atoms. The van der Waals surface area contributed by atoms with Gasteiger partial charge in [0.1, 0.15) is 0 Å². The summed E-state index contributed by atoms with van der Waals surface area (Å²) < 4.78 is 5.07. The summed E-state index contributed by atoms with van der Waals surface area (Å²) in [6, 6.07) is 4.56. The number of nitrogens with zero attached hydrogens (tertiary/aromatic N) is 1. The predicted octanol–water partition coefficient (Wildman–Crippen LogP) is 2.02. The predicted molar refractivity (Wildman–Crippen MR) is 76.8 cm³/mol. The van der Waals surface area contributed by atoms with E-state index in [1.54, 1.807) is 7.11 Å². The van der Waals surface area contributed by atoms with Gasteiger partial charge < -0.3 is 15.4 Å². The van der Waals surface area contributed by atoms with E-state index in [0.29, 0.717) is 6.61 Å². The van der Waals surface area contributed by atoms with Crippen LogP contribution >= 0.6 is 0 Å². The molecule has 0 saturated heterocycles. The van der Waals surface area contributed by atoms with Crippen molar-refractivity contribution in [2.45, 2.75) is 33.4 Å². The first-order valence-electron chi connectivity index (χ1n) is 6.43. The molecule has 0 heterocycles. The average Bonchev–Trinajstić information content (AvgIpc) is 2.23. The van der Waals surface area contributed by atoms with Crippen LogP contribution in [0.25, 0.3) is 0 Å². The number of nitrogens with two attached hydrogens (primary N) is 1. The molecule has 0 amide bonds. The number of ether oxygens (including phenoxy) is 1. The Balaban J connectivity index is 2.67. The van der Waals surface area contributed by atoms with E-state index in [2.05, 4.69) is 44.9 Å². The van der Waals surface area contributed by atoms with Gasteiger partial charge in [0, 0.05) is 26.2 Å². The van der Waals surface area contributed by atoms with Crippen LogP contribution in [0.2, 0.25) is 0 Å². The number of rotatable bonds is 6. The van der Waals surface area contributed by atoms with Gasteiger partial charge in [-0.25, -0.2) is 0 Å². The summed E-state index contributed by atoms with van der Waals surface area (Å²) in [7, 11) is 3.79. The summed E-state index contributed by atoms with van der Waals surface area (Å²) >= 11 is 0. The van der Waals surface area contributed by atoms with Crippen LogP contribution in [-0.4, -0.2) is 38.3 Å². The van der Waals surface area contributed by atoms with Gasteiger partial charge in [-0.2, -0.15) is 0 Å². The minimum absolute atomic E-state index is 0.0751. The summed E-state index contributed by atoms with van der Waals surface area (Å²) in [5.41, 5.74) is 11.4. The highest BCUT2D eigenvalue weighted by Gasteiger charge is 2.10. The molecule has 18 heavy (non-hydrogen) atoms. The summed E-state index contributed by atoms with van der Waals surface area (Å²) in [5, 5.41) is 0. The fourth-order valence-electron chi connectivity index (χ4n) is 2.46. The highest BCUT2D eigenvalue weighted by molar-refractivity contribution is 5.37.